The number of carbonyl (C=O) groups excluding carboxylic acids is 2. The first-order valence-electron chi connectivity index (χ1n) is 4.80. The van der Waals surface area contributed by atoms with Crippen molar-refractivity contribution >= 4 is 23.4 Å². The molecular formula is C10H14ClNO2. The summed E-state index contributed by atoms with van der Waals surface area (Å²) in [5, 5.41) is 0. The molecule has 2 amide bonds. The number of amides is 2. The molecule has 0 radical (unpaired) electrons. The fourth-order valence-electron chi connectivity index (χ4n) is 1.41. The minimum absolute atomic E-state index is 0.0632. The van der Waals surface area contributed by atoms with Crippen molar-refractivity contribution in [3.05, 3.63) is 12.2 Å². The molecule has 3 nitrogen and oxygen atoms in total. The molecule has 1 aliphatic heterocycles. The van der Waals surface area contributed by atoms with E-state index >= 15 is 0 Å². The molecule has 4 heteroatoms. The third-order valence-corrected chi connectivity index (χ3v) is 2.36. The number of nitrogens with zero attached hydrogens (tertiary/aromatic N) is 1. The van der Waals surface area contributed by atoms with E-state index in [0.29, 0.717) is 25.3 Å². The van der Waals surface area contributed by atoms with Crippen molar-refractivity contribution in [2.45, 2.75) is 25.7 Å². The quantitative estimate of drug-likeness (QED) is 0.408. The number of carbonyl (C=O) groups is 2. The molecule has 0 N–H and O–H groups in total. The maximum atomic E-state index is 11.5. The minimum Gasteiger partial charge on any atom is -0.279 e. The van der Waals surface area contributed by atoms with Crippen LogP contribution in [0.15, 0.2) is 12.2 Å². The van der Waals surface area contributed by atoms with Crippen molar-refractivity contribution in [2.24, 2.45) is 0 Å². The molecule has 1 fully saturated rings. The molecule has 0 aromatic heterocycles. The zero-order valence-corrected chi connectivity index (χ0v) is 8.79. The Morgan fingerprint density at radius 1 is 1.14 bits per heavy atom. The molecule has 1 rings (SSSR count). The number of allylic oxidation sites excluding steroid dienone is 1. The molecule has 0 spiro atoms. The lowest BCUT2D eigenvalue weighted by molar-refractivity contribution is -0.143. The van der Waals surface area contributed by atoms with E-state index in [9.17, 15) is 9.59 Å². The van der Waals surface area contributed by atoms with Gasteiger partial charge in [0.05, 0.1) is 0 Å². The Balaban J connectivity index is 2.56. The van der Waals surface area contributed by atoms with Crippen LogP contribution in [0.2, 0.25) is 0 Å². The number of rotatable bonds is 3. The molecule has 0 atom stereocenters. The van der Waals surface area contributed by atoms with Crippen LogP contribution in [0.25, 0.3) is 0 Å². The maximum Gasteiger partial charge on any atom is 0.229 e. The second kappa shape index (κ2) is 5.81. The molecular weight excluding hydrogens is 202 g/mol. The summed E-state index contributed by atoms with van der Waals surface area (Å²) in [6.45, 7) is 0.365. The lowest BCUT2D eigenvalue weighted by atomic mass is 10.2. The highest BCUT2D eigenvalue weighted by atomic mass is 35.5. The minimum atomic E-state index is -0.0632. The summed E-state index contributed by atoms with van der Waals surface area (Å²) in [4.78, 5) is 24.2. The zero-order valence-electron chi connectivity index (χ0n) is 8.04. The van der Waals surface area contributed by atoms with Crippen LogP contribution in [0.4, 0.5) is 0 Å². The molecule has 0 saturated carbocycles. The van der Waals surface area contributed by atoms with Gasteiger partial charge in [-0.15, -0.1) is 11.6 Å². The van der Waals surface area contributed by atoms with E-state index in [1.54, 1.807) is 12.2 Å². The Morgan fingerprint density at radius 3 is 2.21 bits per heavy atom. The predicted molar refractivity (Wildman–Crippen MR) is 55.0 cm³/mol. The van der Waals surface area contributed by atoms with Gasteiger partial charge in [0.1, 0.15) is 0 Å². The van der Waals surface area contributed by atoms with Gasteiger partial charge in [0.15, 0.2) is 0 Å². The lowest BCUT2D eigenvalue weighted by Crippen LogP contribution is -2.35. The summed E-state index contributed by atoms with van der Waals surface area (Å²) in [6, 6.07) is 0. The average Bonchev–Trinajstić information content (AvgIpc) is 2.32. The molecule has 0 aromatic rings. The Kier molecular flexibility index (Phi) is 4.66. The van der Waals surface area contributed by atoms with Gasteiger partial charge < -0.3 is 0 Å². The average molecular weight is 216 g/mol. The largest absolute Gasteiger partial charge is 0.279 e. The highest BCUT2D eigenvalue weighted by molar-refractivity contribution is 6.18. The van der Waals surface area contributed by atoms with Gasteiger partial charge in [0.2, 0.25) is 11.8 Å². The van der Waals surface area contributed by atoms with Gasteiger partial charge >= 0.3 is 0 Å². The van der Waals surface area contributed by atoms with Crippen molar-refractivity contribution in [1.29, 1.82) is 0 Å². The highest BCUT2D eigenvalue weighted by Gasteiger charge is 2.22. The Morgan fingerprint density at radius 2 is 1.71 bits per heavy atom. The number of hydrogen-bond donors (Lipinski definition) is 0. The van der Waals surface area contributed by atoms with Gasteiger partial charge in [-0.25, -0.2) is 0 Å². The predicted octanol–water partition coefficient (Wildman–Crippen LogP) is 1.71. The van der Waals surface area contributed by atoms with Crippen LogP contribution in [0.5, 0.6) is 0 Å². The topological polar surface area (TPSA) is 37.4 Å². The molecule has 0 aromatic carbocycles. The van der Waals surface area contributed by atoms with Crippen LogP contribution in [-0.4, -0.2) is 29.1 Å². The van der Waals surface area contributed by atoms with E-state index < -0.39 is 0 Å². The summed E-state index contributed by atoms with van der Waals surface area (Å²) in [5.74, 6) is 0.286. The third kappa shape index (κ3) is 3.14. The summed E-state index contributed by atoms with van der Waals surface area (Å²) < 4.78 is 0. The lowest BCUT2D eigenvalue weighted by Gasteiger charge is -2.15. The first kappa shape index (κ1) is 11.2. The fraction of sp³-hybridized carbons (Fsp3) is 0.600. The van der Waals surface area contributed by atoms with Crippen LogP contribution in [0.1, 0.15) is 25.7 Å². The Labute approximate surface area is 88.7 Å². The van der Waals surface area contributed by atoms with Crippen molar-refractivity contribution in [2.75, 3.05) is 12.4 Å². The molecule has 0 unspecified atom stereocenters. The van der Waals surface area contributed by atoms with Crippen LogP contribution < -0.4 is 0 Å². The van der Waals surface area contributed by atoms with E-state index in [4.69, 9.17) is 11.6 Å². The third-order valence-electron chi connectivity index (χ3n) is 2.18. The number of likely N-dealkylation sites (tertiary alicyclic amines) is 1. The number of halogens is 1. The van der Waals surface area contributed by atoms with Crippen molar-refractivity contribution in [1.82, 2.24) is 4.90 Å². The maximum absolute atomic E-state index is 11.5. The number of imide groups is 1. The monoisotopic (exact) mass is 215 g/mol. The van der Waals surface area contributed by atoms with Gasteiger partial charge in [0, 0.05) is 25.3 Å². The van der Waals surface area contributed by atoms with Crippen LogP contribution in [-0.2, 0) is 9.59 Å². The van der Waals surface area contributed by atoms with Gasteiger partial charge in [0.25, 0.3) is 0 Å². The summed E-state index contributed by atoms with van der Waals surface area (Å²) in [6.07, 6.45) is 6.11. The van der Waals surface area contributed by atoms with Gasteiger partial charge in [-0.05, 0) is 12.8 Å². The van der Waals surface area contributed by atoms with Gasteiger partial charge in [-0.1, -0.05) is 12.2 Å². The summed E-state index contributed by atoms with van der Waals surface area (Å²) in [7, 11) is 0. The molecule has 1 saturated heterocycles. The SMILES string of the molecule is O=C1CCCCC(=O)N1CC=CCCl. The fourth-order valence-corrected chi connectivity index (χ4v) is 1.53. The second-order valence-electron chi connectivity index (χ2n) is 3.23. The van der Waals surface area contributed by atoms with Crippen molar-refractivity contribution in [3.63, 3.8) is 0 Å². The Bertz CT molecular complexity index is 233. The van der Waals surface area contributed by atoms with Crippen molar-refractivity contribution in [3.8, 4) is 0 Å². The second-order valence-corrected chi connectivity index (χ2v) is 3.54. The standard InChI is InChI=1S/C10H14ClNO2/c11-7-3-4-8-12-9(13)5-1-2-6-10(12)14/h3-4H,1-2,5-8H2. The highest BCUT2D eigenvalue weighted by Crippen LogP contribution is 2.12. The zero-order chi connectivity index (χ0) is 10.4. The molecule has 0 bridgehead atoms. The van der Waals surface area contributed by atoms with Crippen molar-refractivity contribution < 1.29 is 9.59 Å². The smallest absolute Gasteiger partial charge is 0.229 e. The normalized spacial score (nSPS) is 19.1. The van der Waals surface area contributed by atoms with Gasteiger partial charge in [-0.2, -0.15) is 0 Å². The summed E-state index contributed by atoms with van der Waals surface area (Å²) in [5.41, 5.74) is 0. The van der Waals surface area contributed by atoms with Crippen LogP contribution in [0, 0.1) is 0 Å². The first-order valence-corrected chi connectivity index (χ1v) is 5.33. The molecule has 0 aliphatic carbocycles. The van der Waals surface area contributed by atoms with E-state index in [2.05, 4.69) is 0 Å². The molecule has 14 heavy (non-hydrogen) atoms. The van der Waals surface area contributed by atoms with Crippen LogP contribution >= 0.6 is 11.6 Å². The van der Waals surface area contributed by atoms with E-state index in [1.807, 2.05) is 0 Å². The molecule has 1 heterocycles. The van der Waals surface area contributed by atoms with Gasteiger partial charge in [-0.3, -0.25) is 14.5 Å². The van der Waals surface area contributed by atoms with E-state index in [0.717, 1.165) is 12.8 Å². The van der Waals surface area contributed by atoms with Crippen LogP contribution in [0.3, 0.4) is 0 Å². The number of alkyl halides is 1. The van der Waals surface area contributed by atoms with E-state index in [-0.39, 0.29) is 11.8 Å². The van der Waals surface area contributed by atoms with E-state index in [1.165, 1.54) is 4.90 Å². The number of hydrogen-bond acceptors (Lipinski definition) is 2. The first-order chi connectivity index (χ1) is 6.75. The Hall–Kier alpha value is -0.830. The molecule has 1 aliphatic rings. The summed E-state index contributed by atoms with van der Waals surface area (Å²) >= 11 is 5.45. The molecule has 78 valence electrons.